The van der Waals surface area contributed by atoms with Crippen LogP contribution in [0.15, 0.2) is 0 Å². The Balaban J connectivity index is 1.57. The van der Waals surface area contributed by atoms with Crippen molar-refractivity contribution < 1.29 is 4.79 Å². The van der Waals surface area contributed by atoms with E-state index in [0.717, 1.165) is 50.4 Å². The quantitative estimate of drug-likeness (QED) is 0.765. The predicted molar refractivity (Wildman–Crippen MR) is 69.5 cm³/mol. The summed E-state index contributed by atoms with van der Waals surface area (Å²) in [6.45, 7) is 3.83. The second-order valence-electron chi connectivity index (χ2n) is 6.27. The monoisotopic (exact) mass is 260 g/mol. The summed E-state index contributed by atoms with van der Waals surface area (Å²) in [5, 5.41) is 8.46. The molecule has 102 valence electrons. The second kappa shape index (κ2) is 4.05. The molecule has 1 aromatic rings. The Hall–Kier alpha value is -1.39. The van der Waals surface area contributed by atoms with Crippen LogP contribution in [0.1, 0.15) is 43.4 Å². The minimum absolute atomic E-state index is 0.321. The van der Waals surface area contributed by atoms with Crippen molar-refractivity contribution in [3.8, 4) is 0 Å². The van der Waals surface area contributed by atoms with E-state index in [-0.39, 0.29) is 0 Å². The summed E-state index contributed by atoms with van der Waals surface area (Å²) in [6.07, 6.45) is 5.58. The van der Waals surface area contributed by atoms with Gasteiger partial charge in [0, 0.05) is 25.4 Å². The van der Waals surface area contributed by atoms with Gasteiger partial charge in [-0.05, 0) is 32.1 Å². The van der Waals surface area contributed by atoms with E-state index in [9.17, 15) is 4.79 Å². The lowest BCUT2D eigenvalue weighted by Crippen LogP contribution is -2.37. The Labute approximate surface area is 113 Å². The van der Waals surface area contributed by atoms with Crippen molar-refractivity contribution in [3.05, 3.63) is 11.6 Å². The Morgan fingerprint density at radius 1 is 1.21 bits per heavy atom. The number of aryl methyl sites for hydroxylation is 2. The van der Waals surface area contributed by atoms with Crippen LogP contribution in [-0.2, 0) is 11.2 Å². The molecule has 0 bridgehead atoms. The van der Waals surface area contributed by atoms with Crippen molar-refractivity contribution >= 4 is 5.91 Å². The van der Waals surface area contributed by atoms with Gasteiger partial charge >= 0.3 is 0 Å². The van der Waals surface area contributed by atoms with Crippen molar-refractivity contribution in [2.24, 2.45) is 11.8 Å². The van der Waals surface area contributed by atoms with Gasteiger partial charge in [-0.3, -0.25) is 4.79 Å². The van der Waals surface area contributed by atoms with Gasteiger partial charge in [0.1, 0.15) is 11.6 Å². The van der Waals surface area contributed by atoms with Gasteiger partial charge in [-0.25, -0.2) is 0 Å². The molecule has 0 radical (unpaired) electrons. The third-order valence-corrected chi connectivity index (χ3v) is 5.18. The summed E-state index contributed by atoms with van der Waals surface area (Å²) in [4.78, 5) is 14.5. The van der Waals surface area contributed by atoms with Gasteiger partial charge in [0.05, 0.1) is 6.04 Å². The molecule has 4 rings (SSSR count). The zero-order valence-electron chi connectivity index (χ0n) is 11.4. The Bertz CT molecular complexity index is 520. The first-order valence-electron chi connectivity index (χ1n) is 7.43. The number of carbonyl (C=O) groups excluding carboxylic acids is 1. The first-order chi connectivity index (χ1) is 9.24. The molecule has 3 heterocycles. The van der Waals surface area contributed by atoms with Crippen LogP contribution in [0.3, 0.4) is 0 Å². The average Bonchev–Trinajstić information content (AvgIpc) is 2.90. The number of nitrogens with zero attached hydrogens (tertiary/aromatic N) is 4. The molecule has 2 aliphatic heterocycles. The van der Waals surface area contributed by atoms with Gasteiger partial charge in [-0.15, -0.1) is 10.2 Å². The average molecular weight is 260 g/mol. The van der Waals surface area contributed by atoms with Gasteiger partial charge in [0.25, 0.3) is 0 Å². The fourth-order valence-electron chi connectivity index (χ4n) is 3.85. The molecule has 5 heteroatoms. The highest BCUT2D eigenvalue weighted by Crippen LogP contribution is 2.38. The summed E-state index contributed by atoms with van der Waals surface area (Å²) in [7, 11) is 0. The fourth-order valence-corrected chi connectivity index (χ4v) is 3.85. The van der Waals surface area contributed by atoms with E-state index in [1.807, 2.05) is 6.92 Å². The minimum Gasteiger partial charge on any atom is -0.340 e. The van der Waals surface area contributed by atoms with Crippen LogP contribution in [0, 0.1) is 18.8 Å². The normalized spacial score (nSPS) is 29.8. The lowest BCUT2D eigenvalue weighted by Gasteiger charge is -2.29. The highest BCUT2D eigenvalue weighted by atomic mass is 16.2. The standard InChI is InChI=1S/C14H20N4O/c1-9-15-16-13-6-5-11-7-17(8-12(11)18(9)13)14(19)10-3-2-4-10/h10-12H,2-8H2,1H3/t11-,12+/m1/s1. The predicted octanol–water partition coefficient (Wildman–Crippen LogP) is 1.33. The number of hydrogen-bond donors (Lipinski definition) is 0. The molecule has 1 amide bonds. The lowest BCUT2D eigenvalue weighted by molar-refractivity contribution is -0.137. The molecule has 2 fully saturated rings. The number of aromatic nitrogens is 3. The second-order valence-corrected chi connectivity index (χ2v) is 6.27. The molecule has 5 nitrogen and oxygen atoms in total. The first kappa shape index (κ1) is 11.4. The molecule has 1 aliphatic carbocycles. The Kier molecular flexibility index (Phi) is 2.44. The largest absolute Gasteiger partial charge is 0.340 e. The summed E-state index contributed by atoms with van der Waals surface area (Å²) >= 11 is 0. The van der Waals surface area contributed by atoms with Crippen LogP contribution >= 0.6 is 0 Å². The highest BCUT2D eigenvalue weighted by molar-refractivity contribution is 5.80. The molecule has 1 saturated heterocycles. The number of amides is 1. The topological polar surface area (TPSA) is 51.0 Å². The molecule has 1 aromatic heterocycles. The number of likely N-dealkylation sites (tertiary alicyclic amines) is 1. The fraction of sp³-hybridized carbons (Fsp3) is 0.786. The minimum atomic E-state index is 0.321. The van der Waals surface area contributed by atoms with Crippen LogP contribution in [-0.4, -0.2) is 38.7 Å². The van der Waals surface area contributed by atoms with Gasteiger partial charge in [-0.1, -0.05) is 6.42 Å². The van der Waals surface area contributed by atoms with E-state index in [0.29, 0.717) is 23.8 Å². The molecular weight excluding hydrogens is 240 g/mol. The zero-order chi connectivity index (χ0) is 13.0. The van der Waals surface area contributed by atoms with E-state index in [1.165, 1.54) is 6.42 Å². The van der Waals surface area contributed by atoms with Crippen LogP contribution in [0.4, 0.5) is 0 Å². The Morgan fingerprint density at radius 3 is 2.79 bits per heavy atom. The number of fused-ring (bicyclic) bond motifs is 3. The van der Waals surface area contributed by atoms with Crippen LogP contribution in [0.5, 0.6) is 0 Å². The molecular formula is C14H20N4O. The molecule has 0 spiro atoms. The van der Waals surface area contributed by atoms with E-state index in [1.54, 1.807) is 0 Å². The molecule has 19 heavy (non-hydrogen) atoms. The van der Waals surface area contributed by atoms with Crippen molar-refractivity contribution in [2.45, 2.75) is 45.1 Å². The molecule has 3 aliphatic rings. The van der Waals surface area contributed by atoms with Crippen molar-refractivity contribution in [1.29, 1.82) is 0 Å². The maximum atomic E-state index is 12.4. The van der Waals surface area contributed by atoms with Crippen LogP contribution in [0.25, 0.3) is 0 Å². The van der Waals surface area contributed by atoms with E-state index in [2.05, 4.69) is 19.7 Å². The molecule has 1 saturated carbocycles. The third-order valence-electron chi connectivity index (χ3n) is 5.18. The van der Waals surface area contributed by atoms with E-state index in [4.69, 9.17) is 0 Å². The summed E-state index contributed by atoms with van der Waals surface area (Å²) in [5.41, 5.74) is 0. The molecule has 0 unspecified atom stereocenters. The van der Waals surface area contributed by atoms with Gasteiger partial charge < -0.3 is 9.47 Å². The Morgan fingerprint density at radius 2 is 2.05 bits per heavy atom. The summed E-state index contributed by atoms with van der Waals surface area (Å²) in [6, 6.07) is 0.419. The number of carbonyl (C=O) groups is 1. The SMILES string of the molecule is Cc1nnc2n1[C@H]1CN(C(=O)C3CCC3)C[C@H]1CC2. The van der Waals surface area contributed by atoms with E-state index >= 15 is 0 Å². The summed E-state index contributed by atoms with van der Waals surface area (Å²) in [5.74, 6) is 3.43. The molecule has 2 atom stereocenters. The zero-order valence-corrected chi connectivity index (χ0v) is 11.4. The maximum absolute atomic E-state index is 12.4. The van der Waals surface area contributed by atoms with Crippen LogP contribution in [0.2, 0.25) is 0 Å². The molecule has 0 aromatic carbocycles. The summed E-state index contributed by atoms with van der Waals surface area (Å²) < 4.78 is 2.28. The van der Waals surface area contributed by atoms with Gasteiger partial charge in [0.15, 0.2) is 0 Å². The first-order valence-corrected chi connectivity index (χ1v) is 7.43. The smallest absolute Gasteiger partial charge is 0.225 e. The lowest BCUT2D eigenvalue weighted by atomic mass is 9.84. The van der Waals surface area contributed by atoms with Crippen molar-refractivity contribution in [3.63, 3.8) is 0 Å². The van der Waals surface area contributed by atoms with Gasteiger partial charge in [0.2, 0.25) is 5.91 Å². The van der Waals surface area contributed by atoms with E-state index < -0.39 is 0 Å². The van der Waals surface area contributed by atoms with Crippen molar-refractivity contribution in [1.82, 2.24) is 19.7 Å². The third kappa shape index (κ3) is 1.63. The van der Waals surface area contributed by atoms with Gasteiger partial charge in [-0.2, -0.15) is 0 Å². The number of rotatable bonds is 1. The van der Waals surface area contributed by atoms with Crippen LogP contribution < -0.4 is 0 Å². The molecule has 0 N–H and O–H groups in total. The van der Waals surface area contributed by atoms with Crippen molar-refractivity contribution in [2.75, 3.05) is 13.1 Å². The number of hydrogen-bond acceptors (Lipinski definition) is 3. The maximum Gasteiger partial charge on any atom is 0.225 e. The highest BCUT2D eigenvalue weighted by Gasteiger charge is 2.42.